The highest BCUT2D eigenvalue weighted by molar-refractivity contribution is 6.34. The van der Waals surface area contributed by atoms with Gasteiger partial charge in [-0.1, -0.05) is 60.1 Å². The first-order valence-electron chi connectivity index (χ1n) is 8.32. The lowest BCUT2D eigenvalue weighted by atomic mass is 10.0. The van der Waals surface area contributed by atoms with E-state index in [0.717, 1.165) is 5.56 Å². The minimum Gasteiger partial charge on any atom is -0.488 e. The third-order valence-corrected chi connectivity index (χ3v) is 4.51. The molecule has 0 saturated carbocycles. The zero-order chi connectivity index (χ0) is 19.2. The van der Waals surface area contributed by atoms with Crippen molar-refractivity contribution < 1.29 is 19.1 Å². The molecule has 0 saturated heterocycles. The molecule has 4 nitrogen and oxygen atoms in total. The van der Waals surface area contributed by atoms with Crippen LogP contribution in [0.15, 0.2) is 66.7 Å². The summed E-state index contributed by atoms with van der Waals surface area (Å²) in [5, 5.41) is 0.206. The van der Waals surface area contributed by atoms with Gasteiger partial charge < -0.3 is 9.47 Å². The van der Waals surface area contributed by atoms with Gasteiger partial charge in [-0.3, -0.25) is 4.79 Å². The molecule has 0 amide bonds. The van der Waals surface area contributed by atoms with Gasteiger partial charge in [0.15, 0.2) is 6.29 Å². The Hall–Kier alpha value is -3.11. The van der Waals surface area contributed by atoms with E-state index >= 15 is 0 Å². The van der Waals surface area contributed by atoms with E-state index in [4.69, 9.17) is 21.1 Å². The van der Waals surface area contributed by atoms with E-state index in [0.29, 0.717) is 17.6 Å². The van der Waals surface area contributed by atoms with Crippen molar-refractivity contribution in [2.45, 2.75) is 13.5 Å². The van der Waals surface area contributed by atoms with Crippen molar-refractivity contribution in [1.29, 1.82) is 0 Å². The second-order valence-corrected chi connectivity index (χ2v) is 6.25. The molecule has 5 heteroatoms. The van der Waals surface area contributed by atoms with Crippen LogP contribution in [-0.4, -0.2) is 12.3 Å². The predicted octanol–water partition coefficient (Wildman–Crippen LogP) is 5.26. The SMILES string of the molecule is Cc1c(Cl)c(C=O)cc(OCc2ccccc2)c1C(=O)Oc1ccccc1. The Kier molecular flexibility index (Phi) is 5.89. The van der Waals surface area contributed by atoms with E-state index < -0.39 is 5.97 Å². The quantitative estimate of drug-likeness (QED) is 0.332. The molecular weight excluding hydrogens is 364 g/mol. The Morgan fingerprint density at radius 1 is 1.04 bits per heavy atom. The molecule has 3 aromatic carbocycles. The number of aldehydes is 1. The van der Waals surface area contributed by atoms with Gasteiger partial charge in [0.25, 0.3) is 0 Å². The van der Waals surface area contributed by atoms with Crippen LogP contribution in [-0.2, 0) is 6.61 Å². The molecule has 3 aromatic rings. The number of ether oxygens (including phenoxy) is 2. The zero-order valence-electron chi connectivity index (χ0n) is 14.6. The van der Waals surface area contributed by atoms with E-state index in [9.17, 15) is 9.59 Å². The van der Waals surface area contributed by atoms with Crippen molar-refractivity contribution in [3.8, 4) is 11.5 Å². The van der Waals surface area contributed by atoms with Crippen molar-refractivity contribution in [1.82, 2.24) is 0 Å². The average Bonchev–Trinajstić information content (AvgIpc) is 2.70. The van der Waals surface area contributed by atoms with Crippen molar-refractivity contribution in [3.05, 3.63) is 94.0 Å². The molecule has 3 rings (SSSR count). The van der Waals surface area contributed by atoms with E-state index in [2.05, 4.69) is 0 Å². The third-order valence-electron chi connectivity index (χ3n) is 4.01. The largest absolute Gasteiger partial charge is 0.488 e. The average molecular weight is 381 g/mol. The molecular formula is C22H17ClO4. The number of benzene rings is 3. The van der Waals surface area contributed by atoms with Gasteiger partial charge in [-0.2, -0.15) is 0 Å². The molecule has 0 unspecified atom stereocenters. The first-order valence-corrected chi connectivity index (χ1v) is 8.70. The maximum atomic E-state index is 12.8. The summed E-state index contributed by atoms with van der Waals surface area (Å²) in [7, 11) is 0. The van der Waals surface area contributed by atoms with Crippen LogP contribution in [0.4, 0.5) is 0 Å². The molecule has 0 bridgehead atoms. The van der Waals surface area contributed by atoms with Crippen LogP contribution >= 0.6 is 11.6 Å². The summed E-state index contributed by atoms with van der Waals surface area (Å²) >= 11 is 6.24. The number of hydrogen-bond acceptors (Lipinski definition) is 4. The van der Waals surface area contributed by atoms with Gasteiger partial charge in [-0.25, -0.2) is 4.79 Å². The Morgan fingerprint density at radius 2 is 1.67 bits per heavy atom. The second kappa shape index (κ2) is 8.52. The summed E-state index contributed by atoms with van der Waals surface area (Å²) in [5.41, 5.74) is 1.82. The Morgan fingerprint density at radius 3 is 2.30 bits per heavy atom. The Labute approximate surface area is 162 Å². The summed E-state index contributed by atoms with van der Waals surface area (Å²) in [4.78, 5) is 24.1. The summed E-state index contributed by atoms with van der Waals surface area (Å²) in [6, 6.07) is 19.7. The molecule has 136 valence electrons. The van der Waals surface area contributed by atoms with Crippen LogP contribution in [0.25, 0.3) is 0 Å². The lowest BCUT2D eigenvalue weighted by molar-refractivity contribution is 0.0728. The molecule has 0 aliphatic heterocycles. The van der Waals surface area contributed by atoms with Crippen molar-refractivity contribution >= 4 is 23.9 Å². The smallest absolute Gasteiger partial charge is 0.347 e. The van der Waals surface area contributed by atoms with Gasteiger partial charge in [0.1, 0.15) is 23.7 Å². The van der Waals surface area contributed by atoms with Gasteiger partial charge >= 0.3 is 5.97 Å². The van der Waals surface area contributed by atoms with Crippen LogP contribution in [0.5, 0.6) is 11.5 Å². The van der Waals surface area contributed by atoms with E-state index in [1.54, 1.807) is 31.2 Å². The van der Waals surface area contributed by atoms with Crippen LogP contribution in [0.3, 0.4) is 0 Å². The number of halogens is 1. The zero-order valence-corrected chi connectivity index (χ0v) is 15.4. The minimum absolute atomic E-state index is 0.199. The highest BCUT2D eigenvalue weighted by atomic mass is 35.5. The number of para-hydroxylation sites is 1. The van der Waals surface area contributed by atoms with E-state index in [-0.39, 0.29) is 28.5 Å². The maximum absolute atomic E-state index is 12.8. The summed E-state index contributed by atoms with van der Waals surface area (Å²) < 4.78 is 11.3. The van der Waals surface area contributed by atoms with Crippen molar-refractivity contribution in [3.63, 3.8) is 0 Å². The molecule has 0 fully saturated rings. The van der Waals surface area contributed by atoms with Gasteiger partial charge in [0.05, 0.1) is 5.02 Å². The summed E-state index contributed by atoms with van der Waals surface area (Å²) in [5.74, 6) is 0.0661. The summed E-state index contributed by atoms with van der Waals surface area (Å²) in [6.45, 7) is 1.90. The van der Waals surface area contributed by atoms with Crippen LogP contribution in [0.2, 0.25) is 5.02 Å². The fourth-order valence-corrected chi connectivity index (χ4v) is 2.82. The monoisotopic (exact) mass is 380 g/mol. The molecule has 0 radical (unpaired) electrons. The molecule has 0 aliphatic rings. The van der Waals surface area contributed by atoms with E-state index in [1.807, 2.05) is 36.4 Å². The molecule has 0 N–H and O–H groups in total. The summed E-state index contributed by atoms with van der Waals surface area (Å²) in [6.07, 6.45) is 0.636. The third kappa shape index (κ3) is 4.36. The lowest BCUT2D eigenvalue weighted by Crippen LogP contribution is -2.14. The van der Waals surface area contributed by atoms with Crippen LogP contribution < -0.4 is 9.47 Å². The Bertz CT molecular complexity index is 953. The number of carbonyl (C=O) groups excluding carboxylic acids is 2. The molecule has 0 spiro atoms. The molecule has 27 heavy (non-hydrogen) atoms. The fourth-order valence-electron chi connectivity index (χ4n) is 2.62. The highest BCUT2D eigenvalue weighted by Crippen LogP contribution is 2.33. The van der Waals surface area contributed by atoms with Crippen LogP contribution in [0, 0.1) is 6.92 Å². The van der Waals surface area contributed by atoms with Crippen molar-refractivity contribution in [2.75, 3.05) is 0 Å². The van der Waals surface area contributed by atoms with Gasteiger partial charge in [-0.15, -0.1) is 0 Å². The van der Waals surface area contributed by atoms with Gasteiger partial charge in [-0.05, 0) is 36.2 Å². The van der Waals surface area contributed by atoms with Crippen LogP contribution in [0.1, 0.15) is 31.8 Å². The standard InChI is InChI=1S/C22H17ClO4/c1-15-20(22(25)27-18-10-6-3-7-11-18)19(12-17(13-24)21(15)23)26-14-16-8-4-2-5-9-16/h2-13H,14H2,1H3. The molecule has 0 aromatic heterocycles. The number of carbonyl (C=O) groups is 2. The second-order valence-electron chi connectivity index (χ2n) is 5.87. The molecule has 0 atom stereocenters. The van der Waals surface area contributed by atoms with Crippen molar-refractivity contribution in [2.24, 2.45) is 0 Å². The molecule has 0 aliphatic carbocycles. The maximum Gasteiger partial charge on any atom is 0.347 e. The number of rotatable bonds is 6. The topological polar surface area (TPSA) is 52.6 Å². The minimum atomic E-state index is -0.596. The predicted molar refractivity (Wildman–Crippen MR) is 104 cm³/mol. The number of esters is 1. The van der Waals surface area contributed by atoms with Gasteiger partial charge in [0, 0.05) is 5.56 Å². The lowest BCUT2D eigenvalue weighted by Gasteiger charge is -2.16. The fraction of sp³-hybridized carbons (Fsp3) is 0.0909. The first kappa shape index (κ1) is 18.7. The van der Waals surface area contributed by atoms with Gasteiger partial charge in [0.2, 0.25) is 0 Å². The Balaban J connectivity index is 1.95. The first-order chi connectivity index (χ1) is 13.1. The molecule has 0 heterocycles. The normalized spacial score (nSPS) is 10.3. The highest BCUT2D eigenvalue weighted by Gasteiger charge is 2.23. The van der Waals surface area contributed by atoms with E-state index in [1.165, 1.54) is 6.07 Å². The number of hydrogen-bond donors (Lipinski definition) is 0.